The predicted octanol–water partition coefficient (Wildman–Crippen LogP) is 1.85. The summed E-state index contributed by atoms with van der Waals surface area (Å²) in [7, 11) is 0. The van der Waals surface area contributed by atoms with Crippen LogP contribution in [-0.4, -0.2) is 30.2 Å². The van der Waals surface area contributed by atoms with Crippen LogP contribution in [0.2, 0.25) is 0 Å². The molecular weight excluding hydrogens is 260 g/mol. The molecule has 2 amide bonds. The van der Waals surface area contributed by atoms with Gasteiger partial charge < -0.3 is 19.8 Å². The fraction of sp³-hybridized carbons (Fsp3) is 0.571. The zero-order valence-corrected chi connectivity index (χ0v) is 12.4. The second-order valence-electron chi connectivity index (χ2n) is 5.49. The third kappa shape index (κ3) is 6.26. The second-order valence-corrected chi connectivity index (χ2v) is 5.49. The Morgan fingerprint density at radius 1 is 1.40 bits per heavy atom. The fourth-order valence-corrected chi connectivity index (χ4v) is 1.47. The number of alkyl carbamates (subject to hydrolysis) is 1. The largest absolute Gasteiger partial charge is 0.469 e. The van der Waals surface area contributed by atoms with Crippen molar-refractivity contribution in [2.24, 2.45) is 0 Å². The molecule has 112 valence electrons. The molecule has 0 saturated heterocycles. The van der Waals surface area contributed by atoms with Crippen LogP contribution in [0.5, 0.6) is 0 Å². The summed E-state index contributed by atoms with van der Waals surface area (Å²) < 4.78 is 10.2. The quantitative estimate of drug-likeness (QED) is 0.863. The van der Waals surface area contributed by atoms with E-state index in [0.29, 0.717) is 13.0 Å². The number of nitrogens with one attached hydrogen (secondary N) is 2. The molecule has 0 aliphatic rings. The first-order valence-corrected chi connectivity index (χ1v) is 6.57. The van der Waals surface area contributed by atoms with Gasteiger partial charge in [-0.1, -0.05) is 0 Å². The number of carbonyl (C=O) groups is 2. The molecule has 1 unspecified atom stereocenters. The van der Waals surface area contributed by atoms with Crippen molar-refractivity contribution in [1.29, 1.82) is 0 Å². The molecule has 0 aliphatic carbocycles. The van der Waals surface area contributed by atoms with Crippen LogP contribution in [0.4, 0.5) is 4.79 Å². The smallest absolute Gasteiger partial charge is 0.408 e. The lowest BCUT2D eigenvalue weighted by Gasteiger charge is -2.21. The Hall–Kier alpha value is -1.98. The van der Waals surface area contributed by atoms with Crippen molar-refractivity contribution in [3.63, 3.8) is 0 Å². The second kappa shape index (κ2) is 6.98. The third-order valence-corrected chi connectivity index (χ3v) is 2.38. The molecule has 6 heteroatoms. The van der Waals surface area contributed by atoms with Crippen LogP contribution in [0.25, 0.3) is 0 Å². The van der Waals surface area contributed by atoms with Crippen LogP contribution in [0.1, 0.15) is 33.5 Å². The van der Waals surface area contributed by atoms with Crippen molar-refractivity contribution in [3.05, 3.63) is 24.2 Å². The van der Waals surface area contributed by atoms with E-state index in [9.17, 15) is 9.59 Å². The van der Waals surface area contributed by atoms with Gasteiger partial charge in [-0.25, -0.2) is 4.79 Å². The highest BCUT2D eigenvalue weighted by atomic mass is 16.6. The maximum atomic E-state index is 11.8. The van der Waals surface area contributed by atoms with E-state index in [4.69, 9.17) is 9.15 Å². The van der Waals surface area contributed by atoms with Crippen LogP contribution in [0, 0.1) is 0 Å². The summed E-state index contributed by atoms with van der Waals surface area (Å²) in [5.41, 5.74) is -0.584. The minimum absolute atomic E-state index is 0.262. The number of amides is 2. The zero-order chi connectivity index (χ0) is 15.2. The molecule has 6 nitrogen and oxygen atoms in total. The first kappa shape index (κ1) is 16.1. The molecule has 0 fully saturated rings. The predicted molar refractivity (Wildman–Crippen MR) is 74.3 cm³/mol. The highest BCUT2D eigenvalue weighted by Crippen LogP contribution is 2.06. The fourth-order valence-electron chi connectivity index (χ4n) is 1.47. The van der Waals surface area contributed by atoms with E-state index in [1.165, 1.54) is 0 Å². The van der Waals surface area contributed by atoms with E-state index < -0.39 is 17.7 Å². The Bertz CT molecular complexity index is 435. The van der Waals surface area contributed by atoms with Crippen LogP contribution >= 0.6 is 0 Å². The van der Waals surface area contributed by atoms with Crippen LogP contribution in [-0.2, 0) is 16.0 Å². The van der Waals surface area contributed by atoms with Crippen molar-refractivity contribution >= 4 is 12.0 Å². The molecule has 0 saturated carbocycles. The summed E-state index contributed by atoms with van der Waals surface area (Å²) in [5, 5.41) is 5.20. The van der Waals surface area contributed by atoms with E-state index in [2.05, 4.69) is 10.6 Å². The molecule has 1 heterocycles. The highest BCUT2D eigenvalue weighted by Gasteiger charge is 2.20. The van der Waals surface area contributed by atoms with Gasteiger partial charge in [0, 0.05) is 13.0 Å². The van der Waals surface area contributed by atoms with E-state index >= 15 is 0 Å². The van der Waals surface area contributed by atoms with Crippen molar-refractivity contribution < 1.29 is 18.7 Å². The van der Waals surface area contributed by atoms with Gasteiger partial charge >= 0.3 is 6.09 Å². The standard InChI is InChI=1S/C14H22N2O4/c1-10(16-13(18)20-14(2,3)4)12(17)15-8-7-11-6-5-9-19-11/h5-6,9-10H,7-8H2,1-4H3,(H,15,17)(H,16,18). The molecule has 0 aliphatic heterocycles. The minimum Gasteiger partial charge on any atom is -0.469 e. The number of rotatable bonds is 5. The van der Waals surface area contributed by atoms with E-state index in [1.807, 2.05) is 6.07 Å². The average Bonchev–Trinajstić information content (AvgIpc) is 2.78. The van der Waals surface area contributed by atoms with Gasteiger partial charge in [-0.15, -0.1) is 0 Å². The number of carbonyl (C=O) groups excluding carboxylic acids is 2. The molecule has 2 N–H and O–H groups in total. The number of hydrogen-bond donors (Lipinski definition) is 2. The molecule has 0 bridgehead atoms. The van der Waals surface area contributed by atoms with Crippen LogP contribution < -0.4 is 10.6 Å². The summed E-state index contributed by atoms with van der Waals surface area (Å²) in [5.74, 6) is 0.542. The molecule has 20 heavy (non-hydrogen) atoms. The molecule has 1 atom stereocenters. The zero-order valence-electron chi connectivity index (χ0n) is 12.4. The molecular formula is C14H22N2O4. The van der Waals surface area contributed by atoms with Gasteiger partial charge in [0.2, 0.25) is 5.91 Å². The normalized spacial score (nSPS) is 12.6. The van der Waals surface area contributed by atoms with Crippen molar-refractivity contribution in [3.8, 4) is 0 Å². The molecule has 0 radical (unpaired) electrons. The van der Waals surface area contributed by atoms with E-state index in [0.717, 1.165) is 5.76 Å². The lowest BCUT2D eigenvalue weighted by atomic mass is 10.2. The third-order valence-electron chi connectivity index (χ3n) is 2.38. The van der Waals surface area contributed by atoms with Crippen molar-refractivity contribution in [2.75, 3.05) is 6.54 Å². The lowest BCUT2D eigenvalue weighted by Crippen LogP contribution is -2.46. The molecule has 0 aromatic carbocycles. The Labute approximate surface area is 118 Å². The first-order chi connectivity index (χ1) is 9.28. The number of hydrogen-bond acceptors (Lipinski definition) is 4. The minimum atomic E-state index is -0.651. The van der Waals surface area contributed by atoms with Gasteiger partial charge in [0.15, 0.2) is 0 Å². The Kier molecular flexibility index (Phi) is 5.61. The monoisotopic (exact) mass is 282 g/mol. The Morgan fingerprint density at radius 2 is 2.10 bits per heavy atom. The maximum absolute atomic E-state index is 11.8. The maximum Gasteiger partial charge on any atom is 0.408 e. The van der Waals surface area contributed by atoms with Gasteiger partial charge in [-0.3, -0.25) is 4.79 Å². The van der Waals surface area contributed by atoms with Gasteiger partial charge in [-0.05, 0) is 39.8 Å². The van der Waals surface area contributed by atoms with Gasteiger partial charge in [0.25, 0.3) is 0 Å². The highest BCUT2D eigenvalue weighted by molar-refractivity contribution is 5.85. The molecule has 0 spiro atoms. The van der Waals surface area contributed by atoms with Crippen molar-refractivity contribution in [1.82, 2.24) is 10.6 Å². The van der Waals surface area contributed by atoms with E-state index in [1.54, 1.807) is 40.0 Å². The summed E-state index contributed by atoms with van der Waals surface area (Å²) in [6, 6.07) is 2.99. The lowest BCUT2D eigenvalue weighted by molar-refractivity contribution is -0.122. The average molecular weight is 282 g/mol. The molecule has 1 aromatic rings. The SMILES string of the molecule is CC(NC(=O)OC(C)(C)C)C(=O)NCCc1ccco1. The summed E-state index contributed by atoms with van der Waals surface area (Å²) in [4.78, 5) is 23.3. The van der Waals surface area contributed by atoms with Gasteiger partial charge in [0.1, 0.15) is 17.4 Å². The van der Waals surface area contributed by atoms with Gasteiger partial charge in [-0.2, -0.15) is 0 Å². The van der Waals surface area contributed by atoms with E-state index in [-0.39, 0.29) is 5.91 Å². The summed E-state index contributed by atoms with van der Waals surface area (Å²) >= 11 is 0. The number of furan rings is 1. The van der Waals surface area contributed by atoms with Crippen LogP contribution in [0.3, 0.4) is 0 Å². The van der Waals surface area contributed by atoms with Gasteiger partial charge in [0.05, 0.1) is 6.26 Å². The summed E-state index contributed by atoms with van der Waals surface area (Å²) in [6.45, 7) is 7.35. The topological polar surface area (TPSA) is 80.6 Å². The van der Waals surface area contributed by atoms with Crippen LogP contribution in [0.15, 0.2) is 22.8 Å². The Morgan fingerprint density at radius 3 is 2.65 bits per heavy atom. The molecule has 1 rings (SSSR count). The first-order valence-electron chi connectivity index (χ1n) is 6.57. The number of ether oxygens (including phenoxy) is 1. The van der Waals surface area contributed by atoms with Crippen molar-refractivity contribution in [2.45, 2.75) is 45.8 Å². The molecule has 1 aromatic heterocycles. The summed E-state index contributed by atoms with van der Waals surface area (Å²) in [6.07, 6.45) is 1.59. The Balaban J connectivity index is 2.26.